The van der Waals surface area contributed by atoms with Crippen molar-refractivity contribution in [2.75, 3.05) is 0 Å². The normalized spacial score (nSPS) is 11.4. The van der Waals surface area contributed by atoms with Crippen LogP contribution in [0.25, 0.3) is 0 Å². The summed E-state index contributed by atoms with van der Waals surface area (Å²) >= 11 is 3.47. The van der Waals surface area contributed by atoms with Crippen molar-refractivity contribution in [1.29, 1.82) is 0 Å². The summed E-state index contributed by atoms with van der Waals surface area (Å²) in [5.74, 6) is 1.32. The molecule has 1 heterocycles. The highest BCUT2D eigenvalue weighted by Gasteiger charge is 2.17. The van der Waals surface area contributed by atoms with Gasteiger partial charge in [0.15, 0.2) is 0 Å². The molecular weight excluding hydrogens is 316 g/mol. The van der Waals surface area contributed by atoms with Crippen molar-refractivity contribution in [3.8, 4) is 11.6 Å². The second kappa shape index (κ2) is 5.94. The minimum atomic E-state index is -0.0444. The molecule has 0 aliphatic heterocycles. The molecule has 0 saturated carbocycles. The van der Waals surface area contributed by atoms with Gasteiger partial charge in [0, 0.05) is 18.0 Å². The van der Waals surface area contributed by atoms with Crippen LogP contribution in [0.4, 0.5) is 0 Å². The van der Waals surface area contributed by atoms with Crippen molar-refractivity contribution in [3.05, 3.63) is 52.1 Å². The predicted molar refractivity (Wildman–Crippen MR) is 85.0 cm³/mol. The van der Waals surface area contributed by atoms with E-state index in [4.69, 9.17) is 10.5 Å². The van der Waals surface area contributed by atoms with E-state index in [1.807, 2.05) is 36.4 Å². The molecular formula is C16H19BrN2O. The molecule has 0 bridgehead atoms. The Kier molecular flexibility index (Phi) is 4.45. The van der Waals surface area contributed by atoms with Crippen molar-refractivity contribution < 1.29 is 4.74 Å². The molecule has 0 fully saturated rings. The molecule has 0 aliphatic rings. The third-order valence-corrected chi connectivity index (χ3v) is 3.57. The number of halogens is 1. The molecule has 0 amide bonds. The van der Waals surface area contributed by atoms with E-state index in [2.05, 4.69) is 41.7 Å². The second-order valence-corrected chi connectivity index (χ2v) is 6.54. The van der Waals surface area contributed by atoms with Crippen LogP contribution in [0.1, 0.15) is 32.0 Å². The maximum absolute atomic E-state index is 5.87. The molecule has 4 heteroatoms. The highest BCUT2D eigenvalue weighted by atomic mass is 79.9. The number of nitrogens with zero attached hydrogens (tertiary/aromatic N) is 1. The van der Waals surface area contributed by atoms with Crippen molar-refractivity contribution in [1.82, 2.24) is 4.98 Å². The monoisotopic (exact) mass is 334 g/mol. The van der Waals surface area contributed by atoms with Gasteiger partial charge in [-0.25, -0.2) is 4.98 Å². The van der Waals surface area contributed by atoms with Crippen LogP contribution in [0.2, 0.25) is 0 Å². The fourth-order valence-corrected chi connectivity index (χ4v) is 2.12. The average Bonchev–Trinajstić information content (AvgIpc) is 2.40. The summed E-state index contributed by atoms with van der Waals surface area (Å²) in [5, 5.41) is 0. The lowest BCUT2D eigenvalue weighted by atomic mass is 9.91. The molecule has 0 atom stereocenters. The highest BCUT2D eigenvalue weighted by Crippen LogP contribution is 2.30. The zero-order valence-corrected chi connectivity index (χ0v) is 13.6. The zero-order valence-electron chi connectivity index (χ0n) is 12.0. The van der Waals surface area contributed by atoms with Gasteiger partial charge in [-0.05, 0) is 39.7 Å². The molecule has 1 aromatic heterocycles. The molecule has 0 unspecified atom stereocenters. The number of hydrogen-bond acceptors (Lipinski definition) is 3. The van der Waals surface area contributed by atoms with E-state index in [-0.39, 0.29) is 5.41 Å². The Hall–Kier alpha value is -1.39. The Balaban J connectivity index is 2.39. The predicted octanol–water partition coefficient (Wildman–Crippen LogP) is 4.39. The van der Waals surface area contributed by atoms with Crippen molar-refractivity contribution in [2.45, 2.75) is 32.7 Å². The summed E-state index contributed by atoms with van der Waals surface area (Å²) in [6.45, 7) is 6.84. The number of aromatic nitrogens is 1. The Bertz CT molecular complexity index is 606. The number of nitrogens with two attached hydrogens (primary N) is 1. The lowest BCUT2D eigenvalue weighted by molar-refractivity contribution is 0.448. The lowest BCUT2D eigenvalue weighted by Crippen LogP contribution is -2.15. The van der Waals surface area contributed by atoms with Gasteiger partial charge in [0.1, 0.15) is 5.75 Å². The summed E-state index contributed by atoms with van der Waals surface area (Å²) < 4.78 is 6.77. The summed E-state index contributed by atoms with van der Waals surface area (Å²) in [7, 11) is 0. The second-order valence-electron chi connectivity index (χ2n) is 5.69. The quantitative estimate of drug-likeness (QED) is 0.905. The summed E-state index contributed by atoms with van der Waals surface area (Å²) in [4.78, 5) is 4.59. The van der Waals surface area contributed by atoms with Gasteiger partial charge in [0.05, 0.1) is 10.2 Å². The maximum Gasteiger partial charge on any atom is 0.219 e. The lowest BCUT2D eigenvalue weighted by Gasteiger charge is -2.19. The van der Waals surface area contributed by atoms with Crippen molar-refractivity contribution in [2.24, 2.45) is 5.73 Å². The standard InChI is InChI=1S/C16H19BrN2O/c1-16(2,3)14-8-11(10-18)9-15(19-14)20-13-7-5-4-6-12(13)17/h4-9H,10,18H2,1-3H3. The Morgan fingerprint density at radius 2 is 1.90 bits per heavy atom. The Labute approximate surface area is 128 Å². The SMILES string of the molecule is CC(C)(C)c1cc(CN)cc(Oc2ccccc2Br)n1. The minimum Gasteiger partial charge on any atom is -0.438 e. The van der Waals surface area contributed by atoms with Crippen LogP contribution in [-0.4, -0.2) is 4.98 Å². The molecule has 0 spiro atoms. The third kappa shape index (κ3) is 3.58. The third-order valence-electron chi connectivity index (χ3n) is 2.92. The van der Waals surface area contributed by atoms with Gasteiger partial charge in [0.2, 0.25) is 5.88 Å². The zero-order chi connectivity index (χ0) is 14.8. The number of rotatable bonds is 3. The van der Waals surface area contributed by atoms with Gasteiger partial charge in [0.25, 0.3) is 0 Å². The van der Waals surface area contributed by atoms with Crippen LogP contribution in [-0.2, 0) is 12.0 Å². The Morgan fingerprint density at radius 1 is 1.20 bits per heavy atom. The van der Waals surface area contributed by atoms with E-state index >= 15 is 0 Å². The first-order valence-corrected chi connectivity index (χ1v) is 7.33. The van der Waals surface area contributed by atoms with Gasteiger partial charge >= 0.3 is 0 Å². The van der Waals surface area contributed by atoms with Crippen molar-refractivity contribution >= 4 is 15.9 Å². The largest absolute Gasteiger partial charge is 0.438 e. The molecule has 0 saturated heterocycles. The smallest absolute Gasteiger partial charge is 0.219 e. The van der Waals surface area contributed by atoms with Crippen LogP contribution in [0.3, 0.4) is 0 Å². The molecule has 0 aliphatic carbocycles. The first kappa shape index (κ1) is 15.0. The first-order valence-electron chi connectivity index (χ1n) is 6.54. The number of hydrogen-bond donors (Lipinski definition) is 1. The van der Waals surface area contributed by atoms with E-state index < -0.39 is 0 Å². The molecule has 20 heavy (non-hydrogen) atoms. The first-order chi connectivity index (χ1) is 9.40. The molecule has 1 aromatic carbocycles. The number of pyridine rings is 1. The topological polar surface area (TPSA) is 48.1 Å². The van der Waals surface area contributed by atoms with Gasteiger partial charge in [-0.2, -0.15) is 0 Å². The van der Waals surface area contributed by atoms with E-state index in [1.165, 1.54) is 0 Å². The molecule has 3 nitrogen and oxygen atoms in total. The Morgan fingerprint density at radius 3 is 2.50 bits per heavy atom. The van der Waals surface area contributed by atoms with Crippen LogP contribution < -0.4 is 10.5 Å². The fraction of sp³-hybridized carbons (Fsp3) is 0.312. The van der Waals surface area contributed by atoms with Gasteiger partial charge in [-0.3, -0.25) is 0 Å². The molecule has 2 rings (SSSR count). The minimum absolute atomic E-state index is 0.0444. The van der Waals surface area contributed by atoms with Crippen LogP contribution in [0.15, 0.2) is 40.9 Å². The molecule has 2 aromatic rings. The van der Waals surface area contributed by atoms with Crippen LogP contribution in [0.5, 0.6) is 11.6 Å². The summed E-state index contributed by atoms with van der Waals surface area (Å²) in [5.41, 5.74) is 7.71. The average molecular weight is 335 g/mol. The molecule has 106 valence electrons. The summed E-state index contributed by atoms with van der Waals surface area (Å²) in [6.07, 6.45) is 0. The number of para-hydroxylation sites is 1. The van der Waals surface area contributed by atoms with E-state index in [9.17, 15) is 0 Å². The van der Waals surface area contributed by atoms with E-state index in [0.717, 1.165) is 21.5 Å². The van der Waals surface area contributed by atoms with Crippen molar-refractivity contribution in [3.63, 3.8) is 0 Å². The van der Waals surface area contributed by atoms with Gasteiger partial charge in [-0.1, -0.05) is 32.9 Å². The molecule has 2 N–H and O–H groups in total. The van der Waals surface area contributed by atoms with Gasteiger partial charge < -0.3 is 10.5 Å². The van der Waals surface area contributed by atoms with E-state index in [1.54, 1.807) is 0 Å². The highest BCUT2D eigenvalue weighted by molar-refractivity contribution is 9.10. The van der Waals surface area contributed by atoms with E-state index in [0.29, 0.717) is 12.4 Å². The molecule has 0 radical (unpaired) electrons. The number of ether oxygens (including phenoxy) is 1. The fourth-order valence-electron chi connectivity index (χ4n) is 1.75. The summed E-state index contributed by atoms with van der Waals surface area (Å²) in [6, 6.07) is 11.6. The number of benzene rings is 1. The van der Waals surface area contributed by atoms with Crippen LogP contribution in [0, 0.1) is 0 Å². The van der Waals surface area contributed by atoms with Crippen LogP contribution >= 0.6 is 15.9 Å². The maximum atomic E-state index is 5.87. The van der Waals surface area contributed by atoms with Gasteiger partial charge in [-0.15, -0.1) is 0 Å².